The van der Waals surface area contributed by atoms with Crippen LogP contribution in [0.5, 0.6) is 0 Å². The Balaban J connectivity index is 1.70. The molecule has 1 amide bonds. The molecule has 122 valence electrons. The number of thioether (sulfide) groups is 1. The van der Waals surface area contributed by atoms with Gasteiger partial charge in [-0.2, -0.15) is 0 Å². The third-order valence-corrected chi connectivity index (χ3v) is 5.64. The van der Waals surface area contributed by atoms with Gasteiger partial charge in [-0.3, -0.25) is 9.59 Å². The van der Waals surface area contributed by atoms with Crippen molar-refractivity contribution >= 4 is 50.7 Å². The maximum absolute atomic E-state index is 12.6. The van der Waals surface area contributed by atoms with Crippen molar-refractivity contribution < 1.29 is 9.59 Å². The molecule has 0 aliphatic heterocycles. The van der Waals surface area contributed by atoms with E-state index >= 15 is 0 Å². The Labute approximate surface area is 148 Å². The Hall–Kier alpha value is -2.18. The van der Waals surface area contributed by atoms with Gasteiger partial charge in [0.15, 0.2) is 10.1 Å². The molecule has 3 rings (SSSR count). The zero-order chi connectivity index (χ0) is 17.1. The Morgan fingerprint density at radius 3 is 2.50 bits per heavy atom. The van der Waals surface area contributed by atoms with Crippen molar-refractivity contribution in [3.63, 3.8) is 0 Å². The maximum atomic E-state index is 12.6. The topological polar surface area (TPSA) is 59.1 Å². The SMILES string of the molecule is CC(=O)Nc1ccc(C(=O)[C@H](C)Sc2nc3ccccc3s2)cc1. The van der Waals surface area contributed by atoms with Crippen LogP contribution >= 0.6 is 23.1 Å². The lowest BCUT2D eigenvalue weighted by molar-refractivity contribution is -0.114. The standard InChI is InChI=1S/C18H16N2O2S2/c1-11(23-18-20-15-5-3-4-6-16(15)24-18)17(22)13-7-9-14(10-8-13)19-12(2)21/h3-11H,1-2H3,(H,19,21)/t11-/m0/s1. The van der Waals surface area contributed by atoms with Gasteiger partial charge in [-0.05, 0) is 43.3 Å². The van der Waals surface area contributed by atoms with Crippen LogP contribution in [0.2, 0.25) is 0 Å². The minimum Gasteiger partial charge on any atom is -0.326 e. The first kappa shape index (κ1) is 16.7. The highest BCUT2D eigenvalue weighted by molar-refractivity contribution is 8.02. The van der Waals surface area contributed by atoms with Crippen LogP contribution in [0.3, 0.4) is 0 Å². The molecular formula is C18H16N2O2S2. The molecule has 1 aromatic heterocycles. The minimum absolute atomic E-state index is 0.0497. The second-order valence-electron chi connectivity index (χ2n) is 5.33. The molecule has 0 aliphatic carbocycles. The number of anilines is 1. The number of aromatic nitrogens is 1. The number of nitrogens with one attached hydrogen (secondary N) is 1. The van der Waals surface area contributed by atoms with Gasteiger partial charge in [0.1, 0.15) is 0 Å². The van der Waals surface area contributed by atoms with Crippen molar-refractivity contribution in [1.29, 1.82) is 0 Å². The summed E-state index contributed by atoms with van der Waals surface area (Å²) < 4.78 is 2.02. The first-order valence-electron chi connectivity index (χ1n) is 7.47. The van der Waals surface area contributed by atoms with Gasteiger partial charge < -0.3 is 5.32 Å². The third-order valence-electron chi connectivity index (χ3n) is 3.41. The molecule has 0 saturated carbocycles. The number of benzene rings is 2. The number of para-hydroxylation sites is 1. The van der Waals surface area contributed by atoms with Gasteiger partial charge in [-0.1, -0.05) is 23.9 Å². The highest BCUT2D eigenvalue weighted by Crippen LogP contribution is 2.33. The molecule has 1 heterocycles. The van der Waals surface area contributed by atoms with E-state index in [1.54, 1.807) is 35.6 Å². The highest BCUT2D eigenvalue weighted by atomic mass is 32.2. The van der Waals surface area contributed by atoms with E-state index in [1.165, 1.54) is 18.7 Å². The van der Waals surface area contributed by atoms with E-state index in [1.807, 2.05) is 31.2 Å². The van der Waals surface area contributed by atoms with Gasteiger partial charge in [0.05, 0.1) is 15.5 Å². The van der Waals surface area contributed by atoms with Gasteiger partial charge in [-0.15, -0.1) is 11.3 Å². The summed E-state index contributed by atoms with van der Waals surface area (Å²) in [6.07, 6.45) is 0. The van der Waals surface area contributed by atoms with Crippen LogP contribution in [0.4, 0.5) is 5.69 Å². The van der Waals surface area contributed by atoms with Crippen LogP contribution in [-0.4, -0.2) is 21.9 Å². The van der Waals surface area contributed by atoms with Gasteiger partial charge in [0.25, 0.3) is 0 Å². The molecule has 0 bridgehead atoms. The van der Waals surface area contributed by atoms with E-state index < -0.39 is 0 Å². The Morgan fingerprint density at radius 2 is 1.83 bits per heavy atom. The van der Waals surface area contributed by atoms with Crippen LogP contribution in [-0.2, 0) is 4.79 Å². The van der Waals surface area contributed by atoms with Gasteiger partial charge in [0, 0.05) is 18.2 Å². The monoisotopic (exact) mass is 356 g/mol. The number of amides is 1. The molecular weight excluding hydrogens is 340 g/mol. The maximum Gasteiger partial charge on any atom is 0.221 e. The predicted molar refractivity (Wildman–Crippen MR) is 100 cm³/mol. The van der Waals surface area contributed by atoms with Crippen LogP contribution in [0.15, 0.2) is 52.9 Å². The highest BCUT2D eigenvalue weighted by Gasteiger charge is 2.18. The summed E-state index contributed by atoms with van der Waals surface area (Å²) in [5.41, 5.74) is 2.28. The number of nitrogens with zero attached hydrogens (tertiary/aromatic N) is 1. The Morgan fingerprint density at radius 1 is 1.12 bits per heavy atom. The first-order chi connectivity index (χ1) is 11.5. The quantitative estimate of drug-likeness (QED) is 0.535. The van der Waals surface area contributed by atoms with E-state index in [0.29, 0.717) is 11.3 Å². The van der Waals surface area contributed by atoms with Crippen molar-refractivity contribution in [3.05, 3.63) is 54.1 Å². The molecule has 2 aromatic carbocycles. The molecule has 24 heavy (non-hydrogen) atoms. The zero-order valence-corrected chi connectivity index (χ0v) is 14.9. The third kappa shape index (κ3) is 3.83. The van der Waals surface area contributed by atoms with Crippen molar-refractivity contribution in [2.75, 3.05) is 5.32 Å². The van der Waals surface area contributed by atoms with Crippen LogP contribution in [0.25, 0.3) is 10.2 Å². The fraction of sp³-hybridized carbons (Fsp3) is 0.167. The normalized spacial score (nSPS) is 12.1. The summed E-state index contributed by atoms with van der Waals surface area (Å²) in [5, 5.41) is 2.47. The van der Waals surface area contributed by atoms with E-state index in [2.05, 4.69) is 10.3 Å². The molecule has 0 saturated heterocycles. The summed E-state index contributed by atoms with van der Waals surface area (Å²) in [6.45, 7) is 3.34. The first-order valence-corrected chi connectivity index (χ1v) is 9.16. The number of ketones is 1. The van der Waals surface area contributed by atoms with E-state index in [0.717, 1.165) is 14.6 Å². The second kappa shape index (κ2) is 7.15. The smallest absolute Gasteiger partial charge is 0.221 e. The fourth-order valence-corrected chi connectivity index (χ4v) is 4.55. The van der Waals surface area contributed by atoms with E-state index in [4.69, 9.17) is 0 Å². The molecule has 0 unspecified atom stereocenters. The molecule has 1 N–H and O–H groups in total. The number of carbonyl (C=O) groups is 2. The molecule has 1 atom stereocenters. The van der Waals surface area contributed by atoms with Crippen LogP contribution < -0.4 is 5.32 Å². The van der Waals surface area contributed by atoms with Crippen molar-refractivity contribution in [1.82, 2.24) is 4.98 Å². The average molecular weight is 356 g/mol. The molecule has 6 heteroatoms. The zero-order valence-electron chi connectivity index (χ0n) is 13.3. The van der Waals surface area contributed by atoms with Crippen molar-refractivity contribution in [2.24, 2.45) is 0 Å². The lowest BCUT2D eigenvalue weighted by Gasteiger charge is -2.09. The lowest BCUT2D eigenvalue weighted by Crippen LogP contribution is -2.13. The van der Waals surface area contributed by atoms with E-state index in [-0.39, 0.29) is 16.9 Å². The second-order valence-corrected chi connectivity index (χ2v) is 7.95. The molecule has 0 spiro atoms. The van der Waals surface area contributed by atoms with Gasteiger partial charge in [-0.25, -0.2) is 4.98 Å². The molecule has 0 fully saturated rings. The van der Waals surface area contributed by atoms with Crippen molar-refractivity contribution in [3.8, 4) is 0 Å². The summed E-state index contributed by atoms with van der Waals surface area (Å²) in [4.78, 5) is 28.2. The summed E-state index contributed by atoms with van der Waals surface area (Å²) in [7, 11) is 0. The van der Waals surface area contributed by atoms with Crippen LogP contribution in [0.1, 0.15) is 24.2 Å². The average Bonchev–Trinajstić information content (AvgIpc) is 2.96. The predicted octanol–water partition coefficient (Wildman–Crippen LogP) is 4.62. The summed E-state index contributed by atoms with van der Waals surface area (Å²) in [6, 6.07) is 14.9. The minimum atomic E-state index is -0.225. The number of Topliss-reactive ketones (excluding diaryl/α,β-unsaturated/α-hetero) is 1. The molecule has 0 aliphatic rings. The number of fused-ring (bicyclic) bond motifs is 1. The fourth-order valence-electron chi connectivity index (χ4n) is 2.26. The van der Waals surface area contributed by atoms with Crippen LogP contribution in [0, 0.1) is 0 Å². The molecule has 0 radical (unpaired) electrons. The molecule has 3 aromatic rings. The van der Waals surface area contributed by atoms with Gasteiger partial charge >= 0.3 is 0 Å². The van der Waals surface area contributed by atoms with Gasteiger partial charge in [0.2, 0.25) is 5.91 Å². The number of thiazole rings is 1. The van der Waals surface area contributed by atoms with Crippen molar-refractivity contribution in [2.45, 2.75) is 23.4 Å². The van der Waals surface area contributed by atoms with E-state index in [9.17, 15) is 9.59 Å². The Kier molecular flexibility index (Phi) is 4.97. The number of hydrogen-bond acceptors (Lipinski definition) is 5. The largest absolute Gasteiger partial charge is 0.326 e. The number of carbonyl (C=O) groups excluding carboxylic acids is 2. The summed E-state index contributed by atoms with van der Waals surface area (Å²) in [5.74, 6) is -0.0810. The number of hydrogen-bond donors (Lipinski definition) is 1. The Bertz CT molecular complexity index is 854. The number of rotatable bonds is 5. The summed E-state index contributed by atoms with van der Waals surface area (Å²) >= 11 is 3.07. The molecule has 4 nitrogen and oxygen atoms in total. The lowest BCUT2D eigenvalue weighted by atomic mass is 10.1.